The molecule has 0 saturated carbocycles. The smallest absolute Gasteiger partial charge is 0.156 e. The highest BCUT2D eigenvalue weighted by molar-refractivity contribution is 6.14. The van der Waals surface area contributed by atoms with Gasteiger partial charge in [0.25, 0.3) is 0 Å². The van der Waals surface area contributed by atoms with Gasteiger partial charge in [-0.3, -0.25) is 4.90 Å². The average Bonchev–Trinajstić information content (AvgIpc) is 3.27. The minimum atomic E-state index is 0.756. The summed E-state index contributed by atoms with van der Waals surface area (Å²) in [5.74, 6) is 3.11. The Kier molecular flexibility index (Phi) is 6.93. The van der Waals surface area contributed by atoms with Gasteiger partial charge in [0.15, 0.2) is 23.0 Å². The number of hydrogen-bond acceptors (Lipinski definition) is 3. The maximum absolute atomic E-state index is 7.03. The second-order valence-corrected chi connectivity index (χ2v) is 14.9. The molecule has 10 aromatic rings. The third-order valence-electron chi connectivity index (χ3n) is 11.6. The van der Waals surface area contributed by atoms with Gasteiger partial charge in [-0.2, -0.15) is 0 Å². The Morgan fingerprint density at radius 2 is 0.807 bits per heavy atom. The first kappa shape index (κ1) is 31.7. The summed E-state index contributed by atoms with van der Waals surface area (Å²) in [5, 5.41) is 7.30. The van der Waals surface area contributed by atoms with Crippen molar-refractivity contribution in [3.05, 3.63) is 200 Å². The van der Waals surface area contributed by atoms with E-state index >= 15 is 0 Å². The zero-order valence-corrected chi connectivity index (χ0v) is 30.8. The number of nitrogens with zero attached hydrogens (tertiary/aromatic N) is 1. The summed E-state index contributed by atoms with van der Waals surface area (Å²) in [5.41, 5.74) is 11.9. The van der Waals surface area contributed by atoms with Gasteiger partial charge in [-0.05, 0) is 119 Å². The minimum Gasteiger partial charge on any atom is -0.453 e. The topological polar surface area (TPSA) is 21.7 Å². The monoisotopic (exact) mass is 727 g/mol. The SMILES string of the molecule is c1ccc(-c2ccc3c(c2)Oc2cc(-c4cccc5ccccc45)cc4c2N3c2ccc(-c3ccccc3-c3c5ccccc5cc5ccccc35)cc2O4)cc1. The number of ether oxygens (including phenoxy) is 2. The van der Waals surface area contributed by atoms with Gasteiger partial charge in [0, 0.05) is 0 Å². The summed E-state index contributed by atoms with van der Waals surface area (Å²) >= 11 is 0. The van der Waals surface area contributed by atoms with Gasteiger partial charge < -0.3 is 9.47 Å². The lowest BCUT2D eigenvalue weighted by Gasteiger charge is -2.38. The molecule has 0 bridgehead atoms. The molecule has 3 nitrogen and oxygen atoms in total. The quantitative estimate of drug-likeness (QED) is 0.169. The van der Waals surface area contributed by atoms with E-state index < -0.39 is 0 Å². The maximum atomic E-state index is 7.03. The van der Waals surface area contributed by atoms with Crippen molar-refractivity contribution in [1.82, 2.24) is 0 Å². The predicted molar refractivity (Wildman–Crippen MR) is 236 cm³/mol. The molecule has 0 radical (unpaired) electrons. The Labute approximate surface area is 330 Å². The number of anilines is 3. The molecule has 0 fully saturated rings. The first-order chi connectivity index (χ1) is 28.2. The van der Waals surface area contributed by atoms with Crippen molar-refractivity contribution in [1.29, 1.82) is 0 Å². The molecule has 12 rings (SSSR count). The highest BCUT2D eigenvalue weighted by Gasteiger charge is 2.36. The second-order valence-electron chi connectivity index (χ2n) is 14.9. The fraction of sp³-hybridized carbons (Fsp3) is 0. The molecule has 57 heavy (non-hydrogen) atoms. The summed E-state index contributed by atoms with van der Waals surface area (Å²) in [6, 6.07) is 71.4. The number of hydrogen-bond donors (Lipinski definition) is 0. The summed E-state index contributed by atoms with van der Waals surface area (Å²) < 4.78 is 13.9. The molecule has 2 aliphatic rings. The zero-order chi connectivity index (χ0) is 37.5. The van der Waals surface area contributed by atoms with Crippen molar-refractivity contribution >= 4 is 49.4 Å². The molecule has 0 aliphatic carbocycles. The zero-order valence-electron chi connectivity index (χ0n) is 30.8. The Morgan fingerprint density at radius 1 is 0.298 bits per heavy atom. The number of fused-ring (bicyclic) bond motifs is 7. The van der Waals surface area contributed by atoms with Gasteiger partial charge >= 0.3 is 0 Å². The van der Waals surface area contributed by atoms with E-state index in [2.05, 4.69) is 199 Å². The second kappa shape index (κ2) is 12.5. The van der Waals surface area contributed by atoms with Gasteiger partial charge in [-0.25, -0.2) is 0 Å². The summed E-state index contributed by atoms with van der Waals surface area (Å²) in [6.07, 6.45) is 0. The predicted octanol–water partition coefficient (Wildman–Crippen LogP) is 15.5. The summed E-state index contributed by atoms with van der Waals surface area (Å²) in [7, 11) is 0. The van der Waals surface area contributed by atoms with Crippen molar-refractivity contribution in [3.8, 4) is 67.5 Å². The van der Waals surface area contributed by atoms with Crippen LogP contribution in [0.2, 0.25) is 0 Å². The molecule has 10 aromatic carbocycles. The fourth-order valence-electron chi connectivity index (χ4n) is 8.99. The molecule has 266 valence electrons. The van der Waals surface area contributed by atoms with Crippen LogP contribution >= 0.6 is 0 Å². The molecule has 3 heteroatoms. The van der Waals surface area contributed by atoms with Crippen molar-refractivity contribution in [2.24, 2.45) is 0 Å². The fourth-order valence-corrected chi connectivity index (χ4v) is 8.99. The van der Waals surface area contributed by atoms with Crippen LogP contribution in [0.4, 0.5) is 17.1 Å². The highest BCUT2D eigenvalue weighted by atomic mass is 16.5. The van der Waals surface area contributed by atoms with Crippen molar-refractivity contribution < 1.29 is 9.47 Å². The van der Waals surface area contributed by atoms with Crippen LogP contribution in [0.25, 0.3) is 76.8 Å². The first-order valence-electron chi connectivity index (χ1n) is 19.4. The lowest BCUT2D eigenvalue weighted by atomic mass is 9.87. The van der Waals surface area contributed by atoms with Gasteiger partial charge in [-0.1, -0.05) is 158 Å². The van der Waals surface area contributed by atoms with Crippen LogP contribution in [0.15, 0.2) is 200 Å². The van der Waals surface area contributed by atoms with E-state index in [4.69, 9.17) is 9.47 Å². The Morgan fingerprint density at radius 3 is 1.51 bits per heavy atom. The maximum Gasteiger partial charge on any atom is 0.156 e. The minimum absolute atomic E-state index is 0.756. The van der Waals surface area contributed by atoms with Crippen LogP contribution in [-0.2, 0) is 0 Å². The van der Waals surface area contributed by atoms with Gasteiger partial charge in [0.05, 0.1) is 11.4 Å². The molecule has 2 heterocycles. The standard InChI is InChI=1S/C54H33NO2/c1-2-13-34(14-3-1)36-25-27-47-49(30-36)56-51-32-40(43-24-12-18-35-15-4-7-19-41(35)43)33-52-54(51)55(47)48-28-26-39(31-50(48)57-52)42-20-10-11-23-46(42)53-44-21-8-5-16-37(44)29-38-17-6-9-22-45(38)53/h1-33H. The first-order valence-corrected chi connectivity index (χ1v) is 19.4. The lowest BCUT2D eigenvalue weighted by molar-refractivity contribution is 0.446. The third kappa shape index (κ3) is 4.99. The number of benzene rings is 10. The normalized spacial score (nSPS) is 12.5. The van der Waals surface area contributed by atoms with E-state index in [0.717, 1.165) is 73.4 Å². The average molecular weight is 728 g/mol. The summed E-state index contributed by atoms with van der Waals surface area (Å²) in [6.45, 7) is 0. The Hall–Kier alpha value is -7.62. The number of rotatable bonds is 4. The van der Waals surface area contributed by atoms with E-state index in [-0.39, 0.29) is 0 Å². The molecule has 0 atom stereocenters. The molecular formula is C54H33NO2. The largest absolute Gasteiger partial charge is 0.453 e. The van der Waals surface area contributed by atoms with Crippen LogP contribution < -0.4 is 14.4 Å². The highest BCUT2D eigenvalue weighted by Crippen LogP contribution is 2.61. The van der Waals surface area contributed by atoms with Crippen molar-refractivity contribution in [2.75, 3.05) is 4.90 Å². The summed E-state index contributed by atoms with van der Waals surface area (Å²) in [4.78, 5) is 2.32. The molecular weight excluding hydrogens is 695 g/mol. The van der Waals surface area contributed by atoms with Gasteiger partial charge in [0.2, 0.25) is 0 Å². The van der Waals surface area contributed by atoms with Gasteiger partial charge in [-0.15, -0.1) is 0 Å². The molecule has 0 spiro atoms. The molecule has 0 amide bonds. The van der Waals surface area contributed by atoms with Crippen molar-refractivity contribution in [3.63, 3.8) is 0 Å². The third-order valence-corrected chi connectivity index (χ3v) is 11.6. The van der Waals surface area contributed by atoms with E-state index in [9.17, 15) is 0 Å². The van der Waals surface area contributed by atoms with E-state index in [1.807, 2.05) is 6.07 Å². The molecule has 0 N–H and O–H groups in total. The molecule has 0 unspecified atom stereocenters. The van der Waals surface area contributed by atoms with Crippen LogP contribution in [0, 0.1) is 0 Å². The van der Waals surface area contributed by atoms with Gasteiger partial charge in [0.1, 0.15) is 5.69 Å². The lowest BCUT2D eigenvalue weighted by Crippen LogP contribution is -2.20. The molecule has 0 saturated heterocycles. The van der Waals surface area contributed by atoms with E-state index in [1.165, 1.54) is 43.4 Å². The molecule has 2 aliphatic heterocycles. The van der Waals surface area contributed by atoms with Crippen molar-refractivity contribution in [2.45, 2.75) is 0 Å². The van der Waals surface area contributed by atoms with Crippen LogP contribution in [-0.4, -0.2) is 0 Å². The van der Waals surface area contributed by atoms with Crippen LogP contribution in [0.3, 0.4) is 0 Å². The van der Waals surface area contributed by atoms with Crippen LogP contribution in [0.5, 0.6) is 23.0 Å². The molecule has 0 aromatic heterocycles. The van der Waals surface area contributed by atoms with E-state index in [1.54, 1.807) is 0 Å². The Bertz CT molecular complexity index is 3200. The van der Waals surface area contributed by atoms with Crippen LogP contribution in [0.1, 0.15) is 0 Å². The van der Waals surface area contributed by atoms with E-state index in [0.29, 0.717) is 0 Å². The Balaban J connectivity index is 1.06.